The number of hydrogen-bond acceptors (Lipinski definition) is 5. The molecule has 2 aliphatic heterocycles. The van der Waals surface area contributed by atoms with E-state index < -0.39 is 5.66 Å². The summed E-state index contributed by atoms with van der Waals surface area (Å²) < 4.78 is 5.30. The number of amides is 1. The van der Waals surface area contributed by atoms with Crippen LogP contribution in [0.2, 0.25) is 0 Å². The zero-order chi connectivity index (χ0) is 14.6. The van der Waals surface area contributed by atoms with E-state index in [2.05, 4.69) is 26.2 Å². The minimum atomic E-state index is -1.09. The highest BCUT2D eigenvalue weighted by Gasteiger charge is 2.34. The van der Waals surface area contributed by atoms with Crippen molar-refractivity contribution in [2.24, 2.45) is 4.99 Å². The summed E-state index contributed by atoms with van der Waals surface area (Å²) in [6, 6.07) is 0. The third kappa shape index (κ3) is 3.39. The number of aliphatic imine (C=N–C) groups is 1. The van der Waals surface area contributed by atoms with Crippen molar-refractivity contribution in [2.45, 2.75) is 31.8 Å². The smallest absolute Gasteiger partial charge is 0.393 e. The molecule has 0 saturated carbocycles. The van der Waals surface area contributed by atoms with Gasteiger partial charge in [0, 0.05) is 25.4 Å². The second kappa shape index (κ2) is 6.39. The summed E-state index contributed by atoms with van der Waals surface area (Å²) in [7, 11) is 0. The number of carbonyl (C=O) groups excluding carboxylic acids is 2. The fraction of sp³-hybridized carbons (Fsp3) is 0.615. The number of hydrogen-bond donors (Lipinski definition) is 1. The van der Waals surface area contributed by atoms with Crippen LogP contribution in [0, 0.1) is 0 Å². The first-order valence-electron chi connectivity index (χ1n) is 6.65. The predicted octanol–water partition coefficient (Wildman–Crippen LogP) is 1.80. The van der Waals surface area contributed by atoms with Crippen LogP contribution in [0.5, 0.6) is 0 Å². The maximum absolute atomic E-state index is 12.0. The maximum Gasteiger partial charge on any atom is 0.416 e. The van der Waals surface area contributed by atoms with E-state index in [0.717, 1.165) is 32.4 Å². The van der Waals surface area contributed by atoms with Gasteiger partial charge in [0.05, 0.1) is 5.33 Å². The van der Waals surface area contributed by atoms with E-state index in [1.165, 1.54) is 6.21 Å². The molecule has 0 spiro atoms. The lowest BCUT2D eigenvalue weighted by Gasteiger charge is -2.30. The van der Waals surface area contributed by atoms with Gasteiger partial charge in [-0.05, 0) is 26.2 Å². The normalized spacial score (nSPS) is 25.7. The lowest BCUT2D eigenvalue weighted by atomic mass is 10.1. The molecule has 1 saturated heterocycles. The van der Waals surface area contributed by atoms with E-state index in [0.29, 0.717) is 0 Å². The van der Waals surface area contributed by atoms with E-state index in [1.54, 1.807) is 17.9 Å². The zero-order valence-electron chi connectivity index (χ0n) is 11.4. The topological polar surface area (TPSA) is 71.0 Å². The molecular weight excluding hydrogens is 326 g/mol. The molecule has 1 atom stereocenters. The van der Waals surface area contributed by atoms with Crippen LogP contribution in [0.25, 0.3) is 0 Å². The first kappa shape index (κ1) is 15.0. The summed E-state index contributed by atoms with van der Waals surface area (Å²) in [5.74, 6) is 0.126. The molecule has 1 unspecified atom stereocenters. The molecule has 110 valence electrons. The van der Waals surface area contributed by atoms with E-state index in [-0.39, 0.29) is 23.1 Å². The van der Waals surface area contributed by atoms with Crippen molar-refractivity contribution in [2.75, 3.05) is 18.4 Å². The van der Waals surface area contributed by atoms with Crippen molar-refractivity contribution < 1.29 is 14.3 Å². The second-order valence-electron chi connectivity index (χ2n) is 4.98. The van der Waals surface area contributed by atoms with E-state index >= 15 is 0 Å². The molecule has 1 amide bonds. The summed E-state index contributed by atoms with van der Waals surface area (Å²) in [5.41, 5.74) is -1.09. The molecule has 1 fully saturated rings. The highest BCUT2D eigenvalue weighted by atomic mass is 79.9. The maximum atomic E-state index is 12.0. The third-order valence-corrected chi connectivity index (χ3v) is 3.91. The molecule has 2 rings (SSSR count). The highest BCUT2D eigenvalue weighted by molar-refractivity contribution is 9.09. The highest BCUT2D eigenvalue weighted by Crippen LogP contribution is 2.17. The molecule has 0 aromatic rings. The van der Waals surface area contributed by atoms with E-state index in [9.17, 15) is 9.59 Å². The molecule has 0 aromatic heterocycles. The fourth-order valence-electron chi connectivity index (χ4n) is 2.13. The van der Waals surface area contributed by atoms with Crippen LogP contribution in [0.1, 0.15) is 26.2 Å². The molecule has 0 aromatic carbocycles. The Labute approximate surface area is 126 Å². The molecule has 0 aliphatic carbocycles. The number of ether oxygens (including phenoxy) is 1. The van der Waals surface area contributed by atoms with E-state index in [4.69, 9.17) is 4.74 Å². The van der Waals surface area contributed by atoms with Crippen molar-refractivity contribution in [3.05, 3.63) is 12.0 Å². The van der Waals surface area contributed by atoms with E-state index in [1.807, 2.05) is 0 Å². The lowest BCUT2D eigenvalue weighted by molar-refractivity contribution is -0.122. The quantitative estimate of drug-likeness (QED) is 0.793. The van der Waals surface area contributed by atoms with Crippen LogP contribution in [0.3, 0.4) is 0 Å². The Bertz CT molecular complexity index is 458. The van der Waals surface area contributed by atoms with Gasteiger partial charge in [-0.25, -0.2) is 4.79 Å². The number of likely N-dealkylation sites (tertiary alicyclic amines) is 1. The molecular formula is C13H18BrN3O3. The largest absolute Gasteiger partial charge is 0.416 e. The predicted molar refractivity (Wildman–Crippen MR) is 78.8 cm³/mol. The molecule has 2 heterocycles. The van der Waals surface area contributed by atoms with Crippen LogP contribution in [-0.4, -0.2) is 47.1 Å². The van der Waals surface area contributed by atoms with Gasteiger partial charge >= 0.3 is 6.09 Å². The molecule has 1 N–H and O–H groups in total. The minimum Gasteiger partial charge on any atom is -0.393 e. The Kier molecular flexibility index (Phi) is 4.80. The van der Waals surface area contributed by atoms with Gasteiger partial charge in [-0.2, -0.15) is 0 Å². The van der Waals surface area contributed by atoms with Gasteiger partial charge in [-0.1, -0.05) is 15.9 Å². The first-order chi connectivity index (χ1) is 9.55. The number of piperidine rings is 1. The molecule has 20 heavy (non-hydrogen) atoms. The van der Waals surface area contributed by atoms with Gasteiger partial charge in [0.25, 0.3) is 0 Å². The number of allylic oxidation sites excluding steroid dienone is 1. The Balaban J connectivity index is 1.96. The number of halogens is 1. The van der Waals surface area contributed by atoms with Crippen molar-refractivity contribution in [3.8, 4) is 0 Å². The number of alkyl halides is 1. The van der Waals surface area contributed by atoms with Crippen LogP contribution in [0.15, 0.2) is 17.0 Å². The van der Waals surface area contributed by atoms with Gasteiger partial charge in [-0.3, -0.25) is 9.79 Å². The van der Waals surface area contributed by atoms with Crippen LogP contribution in [0.4, 0.5) is 4.79 Å². The summed E-state index contributed by atoms with van der Waals surface area (Å²) >= 11 is 3.12. The van der Waals surface area contributed by atoms with Crippen LogP contribution >= 0.6 is 15.9 Å². The Morgan fingerprint density at radius 3 is 2.80 bits per heavy atom. The summed E-state index contributed by atoms with van der Waals surface area (Å²) in [6.45, 7) is 3.09. The lowest BCUT2D eigenvalue weighted by Crippen LogP contribution is -2.50. The standard InChI is InChI=1S/C13H18BrN3O3/c1-13(10(18)9-14)15-6-5-11(16-13)20-12(19)17-7-3-2-4-8-17/h5-6,16H,2-4,7-9H2,1H3. The average Bonchev–Trinajstić information content (AvgIpc) is 2.47. The Morgan fingerprint density at radius 2 is 2.15 bits per heavy atom. The zero-order valence-corrected chi connectivity index (χ0v) is 13.0. The molecule has 2 aliphatic rings. The molecule has 0 bridgehead atoms. The Morgan fingerprint density at radius 1 is 1.45 bits per heavy atom. The number of Topliss-reactive ketones (excluding diaryl/α,β-unsaturated/α-hetero) is 1. The fourth-order valence-corrected chi connectivity index (χ4v) is 2.68. The van der Waals surface area contributed by atoms with Crippen molar-refractivity contribution >= 4 is 34.0 Å². The van der Waals surface area contributed by atoms with Gasteiger partial charge in [-0.15, -0.1) is 0 Å². The molecule has 7 heteroatoms. The van der Waals surface area contributed by atoms with Gasteiger partial charge in [0.1, 0.15) is 0 Å². The number of ketones is 1. The average molecular weight is 344 g/mol. The number of rotatable bonds is 3. The van der Waals surface area contributed by atoms with Crippen LogP contribution < -0.4 is 5.32 Å². The minimum absolute atomic E-state index is 0.131. The second-order valence-corrected chi connectivity index (χ2v) is 5.54. The van der Waals surface area contributed by atoms with Crippen molar-refractivity contribution in [1.29, 1.82) is 0 Å². The Hall–Kier alpha value is -1.37. The summed E-state index contributed by atoms with van der Waals surface area (Å²) in [4.78, 5) is 29.6. The van der Waals surface area contributed by atoms with Gasteiger partial charge in [0.15, 0.2) is 11.4 Å². The number of nitrogens with zero attached hydrogens (tertiary/aromatic N) is 2. The van der Waals surface area contributed by atoms with Gasteiger partial charge in [0.2, 0.25) is 5.88 Å². The third-order valence-electron chi connectivity index (χ3n) is 3.40. The van der Waals surface area contributed by atoms with Crippen LogP contribution in [-0.2, 0) is 9.53 Å². The first-order valence-corrected chi connectivity index (χ1v) is 7.77. The van der Waals surface area contributed by atoms with Crippen molar-refractivity contribution in [3.63, 3.8) is 0 Å². The molecule has 6 nitrogen and oxygen atoms in total. The summed E-state index contributed by atoms with van der Waals surface area (Å²) in [6.07, 6.45) is 5.80. The number of carbonyl (C=O) groups is 2. The monoisotopic (exact) mass is 343 g/mol. The summed E-state index contributed by atoms with van der Waals surface area (Å²) in [5, 5.41) is 3.05. The van der Waals surface area contributed by atoms with Gasteiger partial charge < -0.3 is 15.0 Å². The molecule has 0 radical (unpaired) electrons. The SMILES string of the molecule is CC1(C(=O)CBr)N=CC=C(OC(=O)N2CCCCC2)N1. The number of nitrogens with one attached hydrogen (secondary N) is 1. The van der Waals surface area contributed by atoms with Crippen molar-refractivity contribution in [1.82, 2.24) is 10.2 Å².